The fourth-order valence-corrected chi connectivity index (χ4v) is 2.92. The van der Waals surface area contributed by atoms with E-state index in [2.05, 4.69) is 31.2 Å². The van der Waals surface area contributed by atoms with Crippen molar-refractivity contribution in [3.8, 4) is 0 Å². The van der Waals surface area contributed by atoms with E-state index in [4.69, 9.17) is 10.7 Å². The number of hydrogen-bond acceptors (Lipinski definition) is 2. The van der Waals surface area contributed by atoms with Crippen molar-refractivity contribution in [1.82, 2.24) is 4.98 Å². The first-order chi connectivity index (χ1) is 10.3. The van der Waals surface area contributed by atoms with E-state index in [0.29, 0.717) is 0 Å². The van der Waals surface area contributed by atoms with Gasteiger partial charge >= 0.3 is 0 Å². The van der Waals surface area contributed by atoms with Gasteiger partial charge in [-0.1, -0.05) is 44.4 Å². The number of benzene rings is 2. The average Bonchev–Trinajstić information content (AvgIpc) is 2.49. The zero-order chi connectivity index (χ0) is 14.7. The van der Waals surface area contributed by atoms with Crippen LogP contribution in [-0.2, 0) is 6.42 Å². The number of anilines is 1. The van der Waals surface area contributed by atoms with E-state index >= 15 is 0 Å². The van der Waals surface area contributed by atoms with E-state index in [0.717, 1.165) is 28.5 Å². The smallest absolute Gasteiger partial charge is 0.0743 e. The third kappa shape index (κ3) is 2.99. The Morgan fingerprint density at radius 1 is 0.952 bits per heavy atom. The van der Waals surface area contributed by atoms with E-state index in [1.54, 1.807) is 0 Å². The predicted octanol–water partition coefficient (Wildman–Crippen LogP) is 5.09. The van der Waals surface area contributed by atoms with Gasteiger partial charge in [0.15, 0.2) is 0 Å². The molecule has 3 aromatic rings. The molecule has 1 heterocycles. The molecule has 0 unspecified atom stereocenters. The maximum absolute atomic E-state index is 6.07. The van der Waals surface area contributed by atoms with Gasteiger partial charge in [-0.25, -0.2) is 4.98 Å². The van der Waals surface area contributed by atoms with E-state index in [9.17, 15) is 0 Å². The van der Waals surface area contributed by atoms with Crippen molar-refractivity contribution in [3.63, 3.8) is 0 Å². The Morgan fingerprint density at radius 3 is 2.67 bits per heavy atom. The van der Waals surface area contributed by atoms with Crippen LogP contribution >= 0.6 is 0 Å². The molecule has 1 aromatic heterocycles. The Morgan fingerprint density at radius 2 is 1.81 bits per heavy atom. The molecule has 2 aromatic carbocycles. The minimum Gasteiger partial charge on any atom is -0.399 e. The summed E-state index contributed by atoms with van der Waals surface area (Å²) in [6.07, 6.45) is 6.12. The summed E-state index contributed by atoms with van der Waals surface area (Å²) in [7, 11) is 0. The highest BCUT2D eigenvalue weighted by molar-refractivity contribution is 5.95. The minimum absolute atomic E-state index is 0.838. The van der Waals surface area contributed by atoms with Gasteiger partial charge in [-0.2, -0.15) is 0 Å². The molecular weight excluding hydrogens is 256 g/mol. The summed E-state index contributed by atoms with van der Waals surface area (Å²) in [6, 6.07) is 14.6. The summed E-state index contributed by atoms with van der Waals surface area (Å²) in [5, 5.41) is 2.33. The molecule has 21 heavy (non-hydrogen) atoms. The molecule has 0 saturated carbocycles. The highest BCUT2D eigenvalue weighted by Gasteiger charge is 2.06. The Balaban J connectivity index is 2.03. The van der Waals surface area contributed by atoms with Gasteiger partial charge in [0.1, 0.15) is 0 Å². The average molecular weight is 278 g/mol. The predicted molar refractivity (Wildman–Crippen MR) is 91.5 cm³/mol. The third-order valence-electron chi connectivity index (χ3n) is 4.02. The lowest BCUT2D eigenvalue weighted by molar-refractivity contribution is 0.668. The lowest BCUT2D eigenvalue weighted by Crippen LogP contribution is -1.95. The molecule has 0 fully saturated rings. The number of nitrogen functional groups attached to an aromatic ring is 1. The van der Waals surface area contributed by atoms with Crippen LogP contribution in [0.2, 0.25) is 0 Å². The monoisotopic (exact) mass is 278 g/mol. The molecule has 0 aliphatic heterocycles. The van der Waals surface area contributed by atoms with Crippen LogP contribution in [0.4, 0.5) is 5.69 Å². The zero-order valence-electron chi connectivity index (χ0n) is 12.6. The van der Waals surface area contributed by atoms with Crippen molar-refractivity contribution >= 4 is 27.5 Å². The summed E-state index contributed by atoms with van der Waals surface area (Å²) < 4.78 is 0. The van der Waals surface area contributed by atoms with Gasteiger partial charge < -0.3 is 5.73 Å². The molecular formula is C19H22N2. The van der Waals surface area contributed by atoms with E-state index in [-0.39, 0.29) is 0 Å². The van der Waals surface area contributed by atoms with Gasteiger partial charge in [-0.15, -0.1) is 0 Å². The van der Waals surface area contributed by atoms with Crippen LogP contribution in [0.15, 0.2) is 42.5 Å². The number of unbranched alkanes of at least 4 members (excludes halogenated alkanes) is 3. The van der Waals surface area contributed by atoms with Crippen molar-refractivity contribution in [1.29, 1.82) is 0 Å². The molecule has 0 radical (unpaired) electrons. The van der Waals surface area contributed by atoms with Crippen molar-refractivity contribution in [2.75, 3.05) is 5.73 Å². The number of nitrogens with zero attached hydrogens (tertiary/aromatic N) is 1. The molecule has 0 atom stereocenters. The summed E-state index contributed by atoms with van der Waals surface area (Å²) in [5.74, 6) is 0. The second kappa shape index (κ2) is 6.13. The lowest BCUT2D eigenvalue weighted by atomic mass is 10.0. The number of nitrogens with two attached hydrogens (primary N) is 1. The Kier molecular flexibility index (Phi) is 4.05. The van der Waals surface area contributed by atoms with E-state index in [1.165, 1.54) is 36.6 Å². The van der Waals surface area contributed by atoms with Crippen molar-refractivity contribution in [2.45, 2.75) is 39.0 Å². The highest BCUT2D eigenvalue weighted by atomic mass is 14.7. The highest BCUT2D eigenvalue weighted by Crippen LogP contribution is 2.26. The quantitative estimate of drug-likeness (QED) is 0.401. The number of pyridine rings is 1. The van der Waals surface area contributed by atoms with Crippen LogP contribution in [0.1, 0.15) is 38.2 Å². The van der Waals surface area contributed by atoms with Crippen LogP contribution in [0.5, 0.6) is 0 Å². The topological polar surface area (TPSA) is 38.9 Å². The number of aryl methyl sites for hydroxylation is 1. The van der Waals surface area contributed by atoms with Gasteiger partial charge in [0.25, 0.3) is 0 Å². The number of rotatable bonds is 5. The fourth-order valence-electron chi connectivity index (χ4n) is 2.92. The molecule has 2 N–H and O–H groups in total. The van der Waals surface area contributed by atoms with Crippen LogP contribution < -0.4 is 5.73 Å². The van der Waals surface area contributed by atoms with Crippen LogP contribution in [0, 0.1) is 0 Å². The summed E-state index contributed by atoms with van der Waals surface area (Å²) >= 11 is 0. The Hall–Kier alpha value is -2.09. The summed E-state index contributed by atoms with van der Waals surface area (Å²) in [5.41, 5.74) is 10.4. The zero-order valence-corrected chi connectivity index (χ0v) is 12.6. The molecule has 0 aliphatic carbocycles. The first-order valence-electron chi connectivity index (χ1n) is 7.86. The van der Waals surface area contributed by atoms with Crippen LogP contribution in [0.3, 0.4) is 0 Å². The standard InChI is InChI=1S/C19H22N2/c1-2-3-4-5-9-15-12-17(20)13-16-11-14-8-6-7-10-18(14)21-19(15)16/h6-8,10-13H,2-5,9,20H2,1H3. The molecule has 0 bridgehead atoms. The first-order valence-corrected chi connectivity index (χ1v) is 7.86. The number of hydrogen-bond donors (Lipinski definition) is 1. The molecule has 0 spiro atoms. The number of para-hydroxylation sites is 1. The number of fused-ring (bicyclic) bond motifs is 2. The SMILES string of the molecule is CCCCCCc1cc(N)cc2cc3ccccc3nc12. The second-order valence-corrected chi connectivity index (χ2v) is 5.74. The Bertz CT molecular complexity index is 762. The van der Waals surface area contributed by atoms with Crippen LogP contribution in [0.25, 0.3) is 21.8 Å². The van der Waals surface area contributed by atoms with Crippen LogP contribution in [-0.4, -0.2) is 4.98 Å². The second-order valence-electron chi connectivity index (χ2n) is 5.74. The molecule has 2 heteroatoms. The summed E-state index contributed by atoms with van der Waals surface area (Å²) in [6.45, 7) is 2.24. The molecule has 108 valence electrons. The normalized spacial score (nSPS) is 11.3. The van der Waals surface area contributed by atoms with Gasteiger partial charge in [0, 0.05) is 16.5 Å². The summed E-state index contributed by atoms with van der Waals surface area (Å²) in [4.78, 5) is 4.86. The molecule has 3 rings (SSSR count). The maximum atomic E-state index is 6.07. The molecule has 0 amide bonds. The van der Waals surface area contributed by atoms with Gasteiger partial charge in [0.05, 0.1) is 11.0 Å². The maximum Gasteiger partial charge on any atom is 0.0743 e. The fraction of sp³-hybridized carbons (Fsp3) is 0.316. The molecule has 2 nitrogen and oxygen atoms in total. The van der Waals surface area contributed by atoms with Crippen molar-refractivity contribution < 1.29 is 0 Å². The van der Waals surface area contributed by atoms with E-state index in [1.807, 2.05) is 18.2 Å². The van der Waals surface area contributed by atoms with Gasteiger partial charge in [0.2, 0.25) is 0 Å². The first kappa shape index (κ1) is 13.9. The number of aromatic nitrogens is 1. The molecule has 0 aliphatic rings. The van der Waals surface area contributed by atoms with E-state index < -0.39 is 0 Å². The lowest BCUT2D eigenvalue weighted by Gasteiger charge is -2.09. The third-order valence-corrected chi connectivity index (χ3v) is 4.02. The van der Waals surface area contributed by atoms with Gasteiger partial charge in [-0.05, 0) is 42.7 Å². The molecule has 0 saturated heterocycles. The van der Waals surface area contributed by atoms with Crippen molar-refractivity contribution in [2.24, 2.45) is 0 Å². The van der Waals surface area contributed by atoms with Gasteiger partial charge in [-0.3, -0.25) is 0 Å². The van der Waals surface area contributed by atoms with Crippen molar-refractivity contribution in [3.05, 3.63) is 48.0 Å². The Labute approximate surface area is 126 Å². The largest absolute Gasteiger partial charge is 0.399 e. The minimum atomic E-state index is 0.838.